The molecule has 3 aromatic rings. The maximum atomic E-state index is 12.9. The van der Waals surface area contributed by atoms with E-state index in [0.717, 1.165) is 0 Å². The van der Waals surface area contributed by atoms with E-state index in [1.54, 1.807) is 13.8 Å². The third kappa shape index (κ3) is 3.43. The van der Waals surface area contributed by atoms with Crippen molar-refractivity contribution in [3.63, 3.8) is 0 Å². The minimum atomic E-state index is -0.762. The fraction of sp³-hybridized carbons (Fsp3) is 0.188. The molecule has 1 aromatic carbocycles. The van der Waals surface area contributed by atoms with Crippen LogP contribution in [-0.4, -0.2) is 26.1 Å². The van der Waals surface area contributed by atoms with E-state index < -0.39 is 12.1 Å². The predicted octanol–water partition coefficient (Wildman–Crippen LogP) is 2.89. The summed E-state index contributed by atoms with van der Waals surface area (Å²) in [5, 5.41) is 7.72. The van der Waals surface area contributed by atoms with Crippen LogP contribution in [0.4, 0.5) is 4.39 Å². The van der Waals surface area contributed by atoms with Crippen LogP contribution in [0.1, 0.15) is 35.1 Å². The van der Waals surface area contributed by atoms with Gasteiger partial charge in [0.05, 0.1) is 11.9 Å². The fourth-order valence-corrected chi connectivity index (χ4v) is 1.88. The van der Waals surface area contributed by atoms with Crippen LogP contribution in [0.25, 0.3) is 11.5 Å². The van der Waals surface area contributed by atoms with Gasteiger partial charge in [-0.2, -0.15) is 0 Å². The average Bonchev–Trinajstić information content (AvgIpc) is 3.06. The smallest absolute Gasteiger partial charge is 0.359 e. The van der Waals surface area contributed by atoms with E-state index in [-0.39, 0.29) is 23.3 Å². The van der Waals surface area contributed by atoms with Crippen molar-refractivity contribution in [2.75, 3.05) is 0 Å². The molecule has 1 atom stereocenters. The van der Waals surface area contributed by atoms with Crippen LogP contribution in [0, 0.1) is 12.7 Å². The third-order valence-corrected chi connectivity index (χ3v) is 3.15. The van der Waals surface area contributed by atoms with Crippen LogP contribution in [0.3, 0.4) is 0 Å². The Balaban J connectivity index is 1.71. The van der Waals surface area contributed by atoms with E-state index in [1.165, 1.54) is 36.7 Å². The van der Waals surface area contributed by atoms with E-state index in [1.807, 2.05) is 0 Å². The van der Waals surface area contributed by atoms with Gasteiger partial charge in [-0.15, -0.1) is 10.2 Å². The van der Waals surface area contributed by atoms with Gasteiger partial charge in [-0.05, 0) is 38.1 Å². The summed E-state index contributed by atoms with van der Waals surface area (Å²) in [5.74, 6) is -0.665. The van der Waals surface area contributed by atoms with Gasteiger partial charge in [0.25, 0.3) is 5.89 Å². The van der Waals surface area contributed by atoms with Crippen LogP contribution >= 0.6 is 0 Å². The fourth-order valence-electron chi connectivity index (χ4n) is 1.88. The zero-order valence-electron chi connectivity index (χ0n) is 12.9. The molecule has 2 aromatic heterocycles. The molecular formula is C16H13FN4O3. The summed E-state index contributed by atoms with van der Waals surface area (Å²) < 4.78 is 23.6. The maximum absolute atomic E-state index is 12.9. The van der Waals surface area contributed by atoms with Gasteiger partial charge in [0.2, 0.25) is 5.89 Å². The summed E-state index contributed by atoms with van der Waals surface area (Å²) in [6.07, 6.45) is 2.05. The van der Waals surface area contributed by atoms with E-state index in [9.17, 15) is 9.18 Å². The molecule has 7 nitrogen and oxygen atoms in total. The monoisotopic (exact) mass is 328 g/mol. The zero-order valence-corrected chi connectivity index (χ0v) is 12.9. The van der Waals surface area contributed by atoms with Crippen LogP contribution in [0.2, 0.25) is 0 Å². The molecule has 8 heteroatoms. The maximum Gasteiger partial charge on any atom is 0.359 e. The van der Waals surface area contributed by atoms with Crippen molar-refractivity contribution in [1.82, 2.24) is 20.2 Å². The molecule has 0 aliphatic heterocycles. The second-order valence-electron chi connectivity index (χ2n) is 5.04. The van der Waals surface area contributed by atoms with Crippen molar-refractivity contribution < 1.29 is 18.3 Å². The Labute approximate surface area is 136 Å². The number of carbonyl (C=O) groups excluding carboxylic acids is 1. The Hall–Kier alpha value is -3.16. The summed E-state index contributed by atoms with van der Waals surface area (Å²) in [5.41, 5.74) is 1.35. The molecule has 0 aliphatic rings. The van der Waals surface area contributed by atoms with E-state index in [2.05, 4.69) is 20.2 Å². The lowest BCUT2D eigenvalue weighted by Crippen LogP contribution is -2.11. The number of aromatic nitrogens is 4. The second kappa shape index (κ2) is 6.53. The van der Waals surface area contributed by atoms with Gasteiger partial charge in [-0.25, -0.2) is 14.2 Å². The highest BCUT2D eigenvalue weighted by Gasteiger charge is 2.20. The number of rotatable bonds is 4. The van der Waals surface area contributed by atoms with Gasteiger partial charge in [0.15, 0.2) is 11.8 Å². The molecule has 2 heterocycles. The summed E-state index contributed by atoms with van der Waals surface area (Å²) >= 11 is 0. The zero-order chi connectivity index (χ0) is 17.1. The van der Waals surface area contributed by atoms with Gasteiger partial charge in [0.1, 0.15) is 5.82 Å². The molecule has 0 amide bonds. The Morgan fingerprint density at radius 3 is 2.58 bits per heavy atom. The van der Waals surface area contributed by atoms with Crippen molar-refractivity contribution in [2.45, 2.75) is 20.0 Å². The molecule has 0 saturated carbocycles. The molecule has 0 bridgehead atoms. The molecule has 0 unspecified atom stereocenters. The lowest BCUT2D eigenvalue weighted by atomic mass is 10.2. The number of halogens is 1. The van der Waals surface area contributed by atoms with E-state index >= 15 is 0 Å². The van der Waals surface area contributed by atoms with Crippen LogP contribution in [0.5, 0.6) is 0 Å². The number of hydrogen-bond donors (Lipinski definition) is 0. The molecule has 0 aliphatic carbocycles. The van der Waals surface area contributed by atoms with Crippen LogP contribution in [-0.2, 0) is 4.74 Å². The largest absolute Gasteiger partial charge is 0.448 e. The highest BCUT2D eigenvalue weighted by Crippen LogP contribution is 2.23. The summed E-state index contributed by atoms with van der Waals surface area (Å²) in [7, 11) is 0. The number of esters is 1. The van der Waals surface area contributed by atoms with Crippen molar-refractivity contribution >= 4 is 5.97 Å². The Morgan fingerprint density at radius 2 is 1.92 bits per heavy atom. The minimum Gasteiger partial charge on any atom is -0.448 e. The van der Waals surface area contributed by atoms with Gasteiger partial charge in [0, 0.05) is 11.8 Å². The molecule has 24 heavy (non-hydrogen) atoms. The molecule has 0 spiro atoms. The minimum absolute atomic E-state index is 0.0886. The Kier molecular flexibility index (Phi) is 4.28. The lowest BCUT2D eigenvalue weighted by molar-refractivity contribution is 0.0272. The van der Waals surface area contributed by atoms with E-state index in [0.29, 0.717) is 11.3 Å². The first-order valence-corrected chi connectivity index (χ1v) is 7.12. The molecule has 3 rings (SSSR count). The number of benzene rings is 1. The standard InChI is InChI=1S/C16H13FN4O3/c1-9-7-19-13(8-18-9)16(22)23-10(2)14-20-21-15(24-14)11-3-5-12(17)6-4-11/h3-8,10H,1-2H3/t10-/m0/s1. The average molecular weight is 328 g/mol. The highest BCUT2D eigenvalue weighted by atomic mass is 19.1. The highest BCUT2D eigenvalue weighted by molar-refractivity contribution is 5.86. The van der Waals surface area contributed by atoms with Crippen molar-refractivity contribution in [1.29, 1.82) is 0 Å². The van der Waals surface area contributed by atoms with Crippen molar-refractivity contribution in [2.24, 2.45) is 0 Å². The summed E-state index contributed by atoms with van der Waals surface area (Å²) in [6, 6.07) is 5.62. The number of carbonyl (C=O) groups is 1. The topological polar surface area (TPSA) is 91.0 Å². The van der Waals surface area contributed by atoms with Crippen molar-refractivity contribution in [3.05, 3.63) is 59.8 Å². The molecule has 122 valence electrons. The quantitative estimate of drug-likeness (QED) is 0.680. The molecule has 0 N–H and O–H groups in total. The van der Waals surface area contributed by atoms with Crippen LogP contribution in [0.15, 0.2) is 41.1 Å². The second-order valence-corrected chi connectivity index (χ2v) is 5.04. The summed E-state index contributed by atoms with van der Waals surface area (Å²) in [6.45, 7) is 3.36. The van der Waals surface area contributed by atoms with E-state index in [4.69, 9.17) is 9.15 Å². The van der Waals surface area contributed by atoms with Crippen LogP contribution < -0.4 is 0 Å². The van der Waals surface area contributed by atoms with Crippen molar-refractivity contribution in [3.8, 4) is 11.5 Å². The van der Waals surface area contributed by atoms with Gasteiger partial charge >= 0.3 is 5.97 Å². The predicted molar refractivity (Wildman–Crippen MR) is 80.3 cm³/mol. The number of hydrogen-bond acceptors (Lipinski definition) is 7. The lowest BCUT2D eigenvalue weighted by Gasteiger charge is -2.08. The third-order valence-electron chi connectivity index (χ3n) is 3.15. The SMILES string of the molecule is Cc1cnc(C(=O)O[C@@H](C)c2nnc(-c3ccc(F)cc3)o2)cn1. The van der Waals surface area contributed by atoms with Gasteiger partial charge in [-0.1, -0.05) is 0 Å². The number of ether oxygens (including phenoxy) is 1. The molecule has 0 saturated heterocycles. The molecule has 0 radical (unpaired) electrons. The van der Waals surface area contributed by atoms with Gasteiger partial charge in [-0.3, -0.25) is 4.98 Å². The number of nitrogens with zero attached hydrogens (tertiary/aromatic N) is 4. The molecular weight excluding hydrogens is 315 g/mol. The number of aryl methyl sites for hydroxylation is 1. The first-order valence-electron chi connectivity index (χ1n) is 7.12. The summed E-state index contributed by atoms with van der Waals surface area (Å²) in [4.78, 5) is 19.9. The first-order chi connectivity index (χ1) is 11.5. The Bertz CT molecular complexity index is 847. The Morgan fingerprint density at radius 1 is 1.17 bits per heavy atom. The van der Waals surface area contributed by atoms with Gasteiger partial charge < -0.3 is 9.15 Å². The normalized spacial score (nSPS) is 12.0. The first kappa shape index (κ1) is 15.7. The molecule has 0 fully saturated rings.